The van der Waals surface area contributed by atoms with Gasteiger partial charge in [0.15, 0.2) is 0 Å². The van der Waals surface area contributed by atoms with E-state index in [1.807, 2.05) is 18.2 Å². The molecule has 0 radical (unpaired) electrons. The lowest BCUT2D eigenvalue weighted by atomic mass is 9.58. The Morgan fingerprint density at radius 3 is 2.29 bits per heavy atom. The fourth-order valence-electron chi connectivity index (χ4n) is 5.44. The highest BCUT2D eigenvalue weighted by Gasteiger charge is 2.52. The quantitative estimate of drug-likeness (QED) is 0.895. The normalized spacial score (nSPS) is 37.2. The molecule has 0 saturated heterocycles. The maximum atomic E-state index is 12.9. The van der Waals surface area contributed by atoms with Gasteiger partial charge in [0.25, 0.3) is 0 Å². The maximum Gasteiger partial charge on any atom is 0.226 e. The summed E-state index contributed by atoms with van der Waals surface area (Å²) in [5, 5.41) is 3.24. The maximum absolute atomic E-state index is 12.9. The molecule has 2 heteroatoms. The first kappa shape index (κ1) is 13.4. The Labute approximate surface area is 127 Å². The number of rotatable bonds is 3. The summed E-state index contributed by atoms with van der Waals surface area (Å²) in [7, 11) is 0. The first-order valence-electron chi connectivity index (χ1n) is 8.56. The van der Waals surface area contributed by atoms with Crippen molar-refractivity contribution in [1.29, 1.82) is 0 Å². The van der Waals surface area contributed by atoms with E-state index in [-0.39, 0.29) is 5.41 Å². The van der Waals surface area contributed by atoms with Crippen molar-refractivity contribution in [2.75, 3.05) is 0 Å². The Morgan fingerprint density at radius 1 is 1.00 bits per heavy atom. The van der Waals surface area contributed by atoms with Gasteiger partial charge >= 0.3 is 0 Å². The van der Waals surface area contributed by atoms with Crippen molar-refractivity contribution in [1.82, 2.24) is 5.32 Å². The molecule has 0 spiro atoms. The number of nitrogens with one attached hydrogen (secondary N) is 1. The van der Waals surface area contributed by atoms with E-state index < -0.39 is 0 Å². The molecule has 4 fully saturated rings. The number of hydrogen-bond acceptors (Lipinski definition) is 1. The molecule has 0 aromatic heterocycles. The van der Waals surface area contributed by atoms with Crippen molar-refractivity contribution >= 4 is 5.91 Å². The average molecular weight is 283 g/mol. The predicted octanol–water partition coefficient (Wildman–Crippen LogP) is 3.91. The molecule has 112 valence electrons. The molecule has 4 saturated carbocycles. The molecule has 4 aliphatic carbocycles. The van der Waals surface area contributed by atoms with Gasteiger partial charge in [-0.25, -0.2) is 0 Å². The first-order chi connectivity index (χ1) is 10.2. The van der Waals surface area contributed by atoms with Crippen LogP contribution in [-0.2, 0) is 11.3 Å². The van der Waals surface area contributed by atoms with E-state index >= 15 is 0 Å². The standard InChI is InChI=1S/C19H25NO/c21-18(20-13-14-4-2-1-3-5-14)19-10-15-6-7-16(11-19)9-17(8-15)12-19/h1-5,15-17H,6-13H2,(H,20,21)/t15-,16-,17?,19?/m0/s1. The van der Waals surface area contributed by atoms with Gasteiger partial charge in [-0.2, -0.15) is 0 Å². The second-order valence-electron chi connectivity index (χ2n) is 7.71. The SMILES string of the molecule is O=C(NCc1ccccc1)C12CC3C[C@H](CC[C@@H](C3)C1)C2. The number of hydrogen-bond donors (Lipinski definition) is 1. The van der Waals surface area contributed by atoms with Crippen molar-refractivity contribution in [3.05, 3.63) is 35.9 Å². The summed E-state index contributed by atoms with van der Waals surface area (Å²) in [6, 6.07) is 10.3. The van der Waals surface area contributed by atoms with Crippen molar-refractivity contribution in [2.45, 2.75) is 51.5 Å². The summed E-state index contributed by atoms with van der Waals surface area (Å²) < 4.78 is 0. The fourth-order valence-corrected chi connectivity index (χ4v) is 5.44. The van der Waals surface area contributed by atoms with Gasteiger partial charge in [0.1, 0.15) is 0 Å². The Hall–Kier alpha value is -1.31. The second-order valence-corrected chi connectivity index (χ2v) is 7.71. The third kappa shape index (κ3) is 2.49. The van der Waals surface area contributed by atoms with Crippen molar-refractivity contribution in [3.63, 3.8) is 0 Å². The molecule has 1 aromatic carbocycles. The molecule has 0 unspecified atom stereocenters. The zero-order valence-corrected chi connectivity index (χ0v) is 12.7. The van der Waals surface area contributed by atoms with Crippen molar-refractivity contribution in [2.24, 2.45) is 23.2 Å². The van der Waals surface area contributed by atoms with Crippen LogP contribution in [0.4, 0.5) is 0 Å². The molecule has 1 N–H and O–H groups in total. The second kappa shape index (κ2) is 5.15. The average Bonchev–Trinajstić information content (AvgIpc) is 2.72. The number of benzene rings is 1. The number of amides is 1. The molecule has 4 aliphatic rings. The third-order valence-electron chi connectivity index (χ3n) is 6.13. The fraction of sp³-hybridized carbons (Fsp3) is 0.632. The molecule has 2 nitrogen and oxygen atoms in total. The molecule has 1 amide bonds. The monoisotopic (exact) mass is 283 g/mol. The van der Waals surface area contributed by atoms with Gasteiger partial charge in [0.2, 0.25) is 5.91 Å². The van der Waals surface area contributed by atoms with E-state index in [4.69, 9.17) is 0 Å². The lowest BCUT2D eigenvalue weighted by molar-refractivity contribution is -0.138. The Balaban J connectivity index is 1.48. The minimum Gasteiger partial charge on any atom is -0.352 e. The molecule has 5 rings (SSSR count). The van der Waals surface area contributed by atoms with Crippen LogP contribution >= 0.6 is 0 Å². The molecule has 21 heavy (non-hydrogen) atoms. The Bertz CT molecular complexity index is 508. The van der Waals surface area contributed by atoms with Gasteiger partial charge in [-0.1, -0.05) is 43.2 Å². The van der Waals surface area contributed by atoms with Crippen LogP contribution in [0.15, 0.2) is 30.3 Å². The van der Waals surface area contributed by atoms with Crippen LogP contribution in [0.2, 0.25) is 0 Å². The van der Waals surface area contributed by atoms with Crippen molar-refractivity contribution in [3.8, 4) is 0 Å². The van der Waals surface area contributed by atoms with Crippen molar-refractivity contribution < 1.29 is 4.79 Å². The molecular formula is C19H25NO. The van der Waals surface area contributed by atoms with Gasteiger partial charge < -0.3 is 5.32 Å². The van der Waals surface area contributed by atoms with Crippen LogP contribution in [0.25, 0.3) is 0 Å². The molecule has 0 heterocycles. The summed E-state index contributed by atoms with van der Waals surface area (Å²) in [6.45, 7) is 0.682. The van der Waals surface area contributed by atoms with Crippen LogP contribution in [0, 0.1) is 23.2 Å². The minimum atomic E-state index is -0.0260. The molecule has 1 aromatic rings. The van der Waals surface area contributed by atoms with E-state index in [2.05, 4.69) is 17.4 Å². The predicted molar refractivity (Wildman–Crippen MR) is 83.5 cm³/mol. The van der Waals surface area contributed by atoms with Gasteiger partial charge in [0.05, 0.1) is 0 Å². The zero-order valence-electron chi connectivity index (χ0n) is 12.7. The summed E-state index contributed by atoms with van der Waals surface area (Å²) >= 11 is 0. The van der Waals surface area contributed by atoms with Crippen LogP contribution < -0.4 is 5.32 Å². The van der Waals surface area contributed by atoms with Crippen LogP contribution in [0.1, 0.15) is 50.5 Å². The van der Waals surface area contributed by atoms with E-state index in [1.54, 1.807) is 0 Å². The zero-order chi connectivity index (χ0) is 14.3. The van der Waals surface area contributed by atoms with Crippen LogP contribution in [0.5, 0.6) is 0 Å². The number of carbonyl (C=O) groups excluding carboxylic acids is 1. The summed E-state index contributed by atoms with van der Waals surface area (Å²) in [5.41, 5.74) is 1.18. The summed E-state index contributed by atoms with van der Waals surface area (Å²) in [6.07, 6.45) is 8.99. The van der Waals surface area contributed by atoms with E-state index in [0.29, 0.717) is 12.5 Å². The topological polar surface area (TPSA) is 29.1 Å². The Kier molecular flexibility index (Phi) is 3.28. The van der Waals surface area contributed by atoms with Gasteiger partial charge in [0, 0.05) is 12.0 Å². The summed E-state index contributed by atoms with van der Waals surface area (Å²) in [4.78, 5) is 12.9. The Morgan fingerprint density at radius 2 is 1.62 bits per heavy atom. The number of carbonyl (C=O) groups is 1. The van der Waals surface area contributed by atoms with E-state index in [0.717, 1.165) is 37.0 Å². The highest BCUT2D eigenvalue weighted by molar-refractivity contribution is 5.83. The van der Waals surface area contributed by atoms with Crippen LogP contribution in [-0.4, -0.2) is 5.91 Å². The smallest absolute Gasteiger partial charge is 0.226 e. The minimum absolute atomic E-state index is 0.0260. The molecule has 4 bridgehead atoms. The number of fused-ring (bicyclic) bond motifs is 1. The lowest BCUT2D eigenvalue weighted by Crippen LogP contribution is -2.48. The summed E-state index contributed by atoms with van der Waals surface area (Å²) in [5.74, 6) is 2.80. The van der Waals surface area contributed by atoms with E-state index in [9.17, 15) is 4.79 Å². The van der Waals surface area contributed by atoms with Gasteiger partial charge in [-0.3, -0.25) is 4.79 Å². The molecule has 2 atom stereocenters. The molecule has 0 aliphatic heterocycles. The van der Waals surface area contributed by atoms with Crippen LogP contribution in [0.3, 0.4) is 0 Å². The lowest BCUT2D eigenvalue weighted by Gasteiger charge is -2.47. The van der Waals surface area contributed by atoms with Gasteiger partial charge in [-0.15, -0.1) is 0 Å². The first-order valence-corrected chi connectivity index (χ1v) is 8.56. The highest BCUT2D eigenvalue weighted by atomic mass is 16.2. The third-order valence-corrected chi connectivity index (χ3v) is 6.13. The largest absolute Gasteiger partial charge is 0.352 e. The van der Waals surface area contributed by atoms with E-state index in [1.165, 1.54) is 31.2 Å². The highest BCUT2D eigenvalue weighted by Crippen LogP contribution is 2.57. The van der Waals surface area contributed by atoms with Gasteiger partial charge in [-0.05, 0) is 55.4 Å². The molecular weight excluding hydrogens is 258 g/mol.